The van der Waals surface area contributed by atoms with Crippen LogP contribution in [0.15, 0.2) is 48.5 Å². The molecule has 0 bridgehead atoms. The van der Waals surface area contributed by atoms with E-state index in [0.717, 1.165) is 9.26 Å². The maximum Gasteiger partial charge on any atom is 0.338 e. The predicted molar refractivity (Wildman–Crippen MR) is 94.2 cm³/mol. The molecule has 0 aliphatic rings. The minimum absolute atomic E-state index is 0.330. The number of amides is 2. The zero-order valence-electron chi connectivity index (χ0n) is 11.9. The molecule has 0 saturated carbocycles. The lowest BCUT2D eigenvalue weighted by molar-refractivity contribution is 0.0526. The molecular weight excluding hydrogens is 395 g/mol. The fourth-order valence-corrected chi connectivity index (χ4v) is 2.27. The van der Waals surface area contributed by atoms with Gasteiger partial charge in [0.25, 0.3) is 0 Å². The standard InChI is InChI=1S/C16H15IN2O3/c1-2-22-15(20)11-7-9-12(10-8-11)18-16(21)19-14-6-4-3-5-13(14)17/h3-10H,2H2,1H3,(H2,18,19,21). The van der Waals surface area contributed by atoms with E-state index in [9.17, 15) is 9.59 Å². The molecule has 6 heteroatoms. The molecule has 2 N–H and O–H groups in total. The Kier molecular flexibility index (Phi) is 5.76. The number of rotatable bonds is 4. The minimum Gasteiger partial charge on any atom is -0.462 e. The summed E-state index contributed by atoms with van der Waals surface area (Å²) in [5.74, 6) is -0.377. The Balaban J connectivity index is 1.97. The first-order valence-electron chi connectivity index (χ1n) is 6.70. The van der Waals surface area contributed by atoms with Crippen LogP contribution in [0.5, 0.6) is 0 Å². The summed E-state index contributed by atoms with van der Waals surface area (Å²) >= 11 is 2.15. The van der Waals surface area contributed by atoms with E-state index in [4.69, 9.17) is 4.74 Å². The lowest BCUT2D eigenvalue weighted by atomic mass is 10.2. The number of hydrogen-bond acceptors (Lipinski definition) is 3. The van der Waals surface area contributed by atoms with Crippen molar-refractivity contribution < 1.29 is 14.3 Å². The molecule has 0 aliphatic heterocycles. The fourth-order valence-electron chi connectivity index (χ4n) is 1.75. The first kappa shape index (κ1) is 16.3. The number of halogens is 1. The summed E-state index contributed by atoms with van der Waals surface area (Å²) in [6.45, 7) is 2.08. The molecule has 2 rings (SSSR count). The zero-order valence-corrected chi connectivity index (χ0v) is 14.1. The van der Waals surface area contributed by atoms with Crippen molar-refractivity contribution in [3.05, 3.63) is 57.7 Å². The summed E-state index contributed by atoms with van der Waals surface area (Å²) in [5, 5.41) is 5.48. The van der Waals surface area contributed by atoms with Crippen LogP contribution in [0, 0.1) is 3.57 Å². The zero-order chi connectivity index (χ0) is 15.9. The molecule has 2 aromatic carbocycles. The van der Waals surface area contributed by atoms with Gasteiger partial charge in [-0.25, -0.2) is 9.59 Å². The molecule has 0 atom stereocenters. The Labute approximate surface area is 142 Å². The summed E-state index contributed by atoms with van der Waals surface area (Å²) in [6.07, 6.45) is 0. The van der Waals surface area contributed by atoms with Crippen LogP contribution in [0.2, 0.25) is 0 Å². The quantitative estimate of drug-likeness (QED) is 0.589. The number of ether oxygens (including phenoxy) is 1. The van der Waals surface area contributed by atoms with Gasteiger partial charge in [0.2, 0.25) is 0 Å². The third-order valence-corrected chi connectivity index (χ3v) is 3.72. The molecule has 0 fully saturated rings. The maximum atomic E-state index is 11.9. The normalized spacial score (nSPS) is 9.91. The highest BCUT2D eigenvalue weighted by Gasteiger charge is 2.08. The molecule has 2 amide bonds. The second-order valence-corrected chi connectivity index (χ2v) is 5.52. The van der Waals surface area contributed by atoms with Gasteiger partial charge in [0.05, 0.1) is 17.9 Å². The van der Waals surface area contributed by atoms with Crippen LogP contribution in [-0.2, 0) is 4.74 Å². The number of carbonyl (C=O) groups excluding carboxylic acids is 2. The smallest absolute Gasteiger partial charge is 0.338 e. The summed E-state index contributed by atoms with van der Waals surface area (Å²) in [6, 6.07) is 13.7. The van der Waals surface area contributed by atoms with Crippen LogP contribution < -0.4 is 10.6 Å². The van der Waals surface area contributed by atoms with E-state index in [-0.39, 0.29) is 12.0 Å². The van der Waals surface area contributed by atoms with Crippen molar-refractivity contribution in [3.8, 4) is 0 Å². The van der Waals surface area contributed by atoms with Gasteiger partial charge in [0.15, 0.2) is 0 Å². The summed E-state index contributed by atoms with van der Waals surface area (Å²) in [4.78, 5) is 23.5. The molecular formula is C16H15IN2O3. The first-order chi connectivity index (χ1) is 10.6. The van der Waals surface area contributed by atoms with E-state index in [1.165, 1.54) is 0 Å². The lowest BCUT2D eigenvalue weighted by Gasteiger charge is -2.09. The Morgan fingerprint density at radius 3 is 2.36 bits per heavy atom. The molecule has 114 valence electrons. The monoisotopic (exact) mass is 410 g/mol. The van der Waals surface area contributed by atoms with Crippen molar-refractivity contribution in [2.24, 2.45) is 0 Å². The number of nitrogens with one attached hydrogen (secondary N) is 2. The molecule has 0 saturated heterocycles. The Morgan fingerprint density at radius 1 is 1.05 bits per heavy atom. The molecule has 0 aromatic heterocycles. The van der Waals surface area contributed by atoms with Crippen molar-refractivity contribution in [2.75, 3.05) is 17.2 Å². The van der Waals surface area contributed by atoms with Crippen LogP contribution >= 0.6 is 22.6 Å². The summed E-state index contributed by atoms with van der Waals surface area (Å²) in [7, 11) is 0. The second kappa shape index (κ2) is 7.79. The number of carbonyl (C=O) groups is 2. The van der Waals surface area contributed by atoms with Gasteiger partial charge in [-0.1, -0.05) is 12.1 Å². The molecule has 5 nitrogen and oxygen atoms in total. The molecule has 22 heavy (non-hydrogen) atoms. The van der Waals surface area contributed by atoms with E-state index in [2.05, 4.69) is 33.2 Å². The molecule has 0 heterocycles. The van der Waals surface area contributed by atoms with Crippen molar-refractivity contribution in [2.45, 2.75) is 6.92 Å². The average molecular weight is 410 g/mol. The van der Waals surface area contributed by atoms with E-state index in [1.807, 2.05) is 24.3 Å². The van der Waals surface area contributed by atoms with Crippen LogP contribution in [0.25, 0.3) is 0 Å². The number of esters is 1. The highest BCUT2D eigenvalue weighted by molar-refractivity contribution is 14.1. The van der Waals surface area contributed by atoms with Crippen molar-refractivity contribution >= 4 is 46.0 Å². The maximum absolute atomic E-state index is 11.9. The average Bonchev–Trinajstić information content (AvgIpc) is 2.50. The Morgan fingerprint density at radius 2 is 1.73 bits per heavy atom. The number of anilines is 2. The molecule has 0 aliphatic carbocycles. The number of urea groups is 1. The van der Waals surface area contributed by atoms with Crippen molar-refractivity contribution in [3.63, 3.8) is 0 Å². The fraction of sp³-hybridized carbons (Fsp3) is 0.125. The van der Waals surface area contributed by atoms with Crippen LogP contribution in [0.1, 0.15) is 17.3 Å². The van der Waals surface area contributed by atoms with Gasteiger partial charge in [-0.05, 0) is 65.9 Å². The van der Waals surface area contributed by atoms with Crippen molar-refractivity contribution in [1.82, 2.24) is 0 Å². The largest absolute Gasteiger partial charge is 0.462 e. The van der Waals surface area contributed by atoms with Gasteiger partial charge in [0, 0.05) is 9.26 Å². The summed E-state index contributed by atoms with van der Waals surface area (Å²) in [5.41, 5.74) is 1.78. The van der Waals surface area contributed by atoms with Crippen LogP contribution in [0.4, 0.5) is 16.2 Å². The van der Waals surface area contributed by atoms with Gasteiger partial charge in [-0.2, -0.15) is 0 Å². The second-order valence-electron chi connectivity index (χ2n) is 4.36. The van der Waals surface area contributed by atoms with Crippen LogP contribution in [-0.4, -0.2) is 18.6 Å². The van der Waals surface area contributed by atoms with Gasteiger partial charge in [-0.3, -0.25) is 0 Å². The van der Waals surface area contributed by atoms with Gasteiger partial charge in [-0.15, -0.1) is 0 Å². The van der Waals surface area contributed by atoms with Gasteiger partial charge >= 0.3 is 12.0 Å². The topological polar surface area (TPSA) is 67.4 Å². The van der Waals surface area contributed by atoms with Crippen LogP contribution in [0.3, 0.4) is 0 Å². The van der Waals surface area contributed by atoms with Crippen molar-refractivity contribution in [1.29, 1.82) is 0 Å². The minimum atomic E-state index is -0.377. The van der Waals surface area contributed by atoms with E-state index < -0.39 is 0 Å². The number of para-hydroxylation sites is 1. The lowest BCUT2D eigenvalue weighted by Crippen LogP contribution is -2.20. The SMILES string of the molecule is CCOC(=O)c1ccc(NC(=O)Nc2ccccc2I)cc1. The first-order valence-corrected chi connectivity index (χ1v) is 7.77. The third kappa shape index (κ3) is 4.45. The highest BCUT2D eigenvalue weighted by atomic mass is 127. The summed E-state index contributed by atoms with van der Waals surface area (Å²) < 4.78 is 5.85. The molecule has 0 spiro atoms. The predicted octanol–water partition coefficient (Wildman–Crippen LogP) is 4.11. The Hall–Kier alpha value is -2.09. The van der Waals surface area contributed by atoms with E-state index >= 15 is 0 Å². The highest BCUT2D eigenvalue weighted by Crippen LogP contribution is 2.17. The third-order valence-electron chi connectivity index (χ3n) is 2.78. The van der Waals surface area contributed by atoms with E-state index in [1.54, 1.807) is 31.2 Å². The van der Waals surface area contributed by atoms with Gasteiger partial charge in [0.1, 0.15) is 0 Å². The van der Waals surface area contributed by atoms with Gasteiger partial charge < -0.3 is 15.4 Å². The number of benzene rings is 2. The molecule has 0 radical (unpaired) electrons. The molecule has 0 unspecified atom stereocenters. The van der Waals surface area contributed by atoms with E-state index in [0.29, 0.717) is 17.9 Å². The molecule has 2 aromatic rings. The Bertz CT molecular complexity index is 671. The number of hydrogen-bond donors (Lipinski definition) is 2.